The number of benzene rings is 2. The lowest BCUT2D eigenvalue weighted by Crippen LogP contribution is -2.57. The van der Waals surface area contributed by atoms with E-state index in [-0.39, 0.29) is 30.9 Å². The smallest absolute Gasteiger partial charge is 0.326 e. The van der Waals surface area contributed by atoms with E-state index in [1.54, 1.807) is 18.3 Å². The van der Waals surface area contributed by atoms with Crippen LogP contribution in [0.4, 0.5) is 0 Å². The number of nitrogens with two attached hydrogens (primary N) is 2. The Kier molecular flexibility index (Phi) is 12.7. The van der Waals surface area contributed by atoms with Crippen LogP contribution < -0.4 is 27.4 Å². The first-order valence-corrected chi connectivity index (χ1v) is 14.9. The van der Waals surface area contributed by atoms with Crippen molar-refractivity contribution in [2.24, 2.45) is 17.4 Å². The normalized spacial score (nSPS) is 14.0. The second-order valence-corrected chi connectivity index (χ2v) is 11.5. The van der Waals surface area contributed by atoms with Gasteiger partial charge in [0.2, 0.25) is 17.7 Å². The third kappa shape index (κ3) is 10.1. The molecule has 0 bridgehead atoms. The molecule has 3 rings (SSSR count). The molecule has 12 heteroatoms. The van der Waals surface area contributed by atoms with Gasteiger partial charge in [-0.2, -0.15) is 0 Å². The molecule has 3 aromatic rings. The van der Waals surface area contributed by atoms with Crippen LogP contribution in [0, 0.1) is 5.92 Å². The number of fused-ring (bicyclic) bond motifs is 1. The fourth-order valence-electron chi connectivity index (χ4n) is 5.00. The summed E-state index contributed by atoms with van der Waals surface area (Å²) in [5, 5.41) is 28.4. The summed E-state index contributed by atoms with van der Waals surface area (Å²) < 4.78 is 0. The van der Waals surface area contributed by atoms with E-state index in [2.05, 4.69) is 20.9 Å². The number of aromatic nitrogens is 1. The van der Waals surface area contributed by atoms with E-state index in [0.29, 0.717) is 31.4 Å². The van der Waals surface area contributed by atoms with Crippen molar-refractivity contribution in [1.82, 2.24) is 20.9 Å². The van der Waals surface area contributed by atoms with Crippen LogP contribution in [0.3, 0.4) is 0 Å². The van der Waals surface area contributed by atoms with Gasteiger partial charge in [0.05, 0.1) is 6.04 Å². The highest BCUT2D eigenvalue weighted by atomic mass is 16.4. The van der Waals surface area contributed by atoms with Crippen LogP contribution in [-0.2, 0) is 32.0 Å². The fourth-order valence-corrected chi connectivity index (χ4v) is 5.00. The zero-order chi connectivity index (χ0) is 32.2. The number of unbranched alkanes of at least 4 members (excludes halogenated alkanes) is 1. The molecular weight excluding hydrogens is 564 g/mol. The van der Waals surface area contributed by atoms with Gasteiger partial charge >= 0.3 is 5.97 Å². The summed E-state index contributed by atoms with van der Waals surface area (Å²) >= 11 is 0. The molecule has 4 unspecified atom stereocenters. The molecule has 0 fully saturated rings. The standard InChI is InChI=1S/C32H44N6O6/c1-19(2)15-24(34)29(40)36-26(9-5-6-14-33)30(41)37-27(17-21-18-35-25-8-4-3-7-23(21)25)31(42)38-28(32(43)44)16-20-10-12-22(39)13-11-20/h3-4,7-8,10-13,18-19,24,26-28,35,39H,5-6,9,14-17,33-34H2,1-2H3,(H,36,40)(H,37,41)(H,38,42)(H,43,44). The molecule has 1 aromatic heterocycles. The predicted molar refractivity (Wildman–Crippen MR) is 168 cm³/mol. The van der Waals surface area contributed by atoms with Gasteiger partial charge in [-0.15, -0.1) is 0 Å². The molecular formula is C32H44N6O6. The minimum Gasteiger partial charge on any atom is -0.508 e. The Morgan fingerprint density at radius 1 is 0.841 bits per heavy atom. The monoisotopic (exact) mass is 608 g/mol. The molecule has 238 valence electrons. The van der Waals surface area contributed by atoms with Crippen LogP contribution in [0.25, 0.3) is 10.9 Å². The number of phenols is 1. The van der Waals surface area contributed by atoms with Crippen molar-refractivity contribution in [3.05, 3.63) is 65.9 Å². The van der Waals surface area contributed by atoms with Crippen molar-refractivity contribution in [1.29, 1.82) is 0 Å². The number of aromatic amines is 1. The highest BCUT2D eigenvalue weighted by Crippen LogP contribution is 2.20. The number of para-hydroxylation sites is 1. The molecule has 0 spiro atoms. The molecule has 0 radical (unpaired) electrons. The zero-order valence-corrected chi connectivity index (χ0v) is 25.2. The van der Waals surface area contributed by atoms with Gasteiger partial charge < -0.3 is 42.6 Å². The average molecular weight is 609 g/mol. The van der Waals surface area contributed by atoms with E-state index in [9.17, 15) is 29.4 Å². The van der Waals surface area contributed by atoms with Crippen LogP contribution in [0.2, 0.25) is 0 Å². The second-order valence-electron chi connectivity index (χ2n) is 11.5. The van der Waals surface area contributed by atoms with E-state index in [1.807, 2.05) is 38.1 Å². The van der Waals surface area contributed by atoms with Gasteiger partial charge in [-0.25, -0.2) is 4.79 Å². The van der Waals surface area contributed by atoms with Gasteiger partial charge in [-0.1, -0.05) is 44.2 Å². The van der Waals surface area contributed by atoms with Gasteiger partial charge in [0.25, 0.3) is 0 Å². The lowest BCUT2D eigenvalue weighted by atomic mass is 10.0. The largest absolute Gasteiger partial charge is 0.508 e. The lowest BCUT2D eigenvalue weighted by molar-refractivity contribution is -0.142. The highest BCUT2D eigenvalue weighted by molar-refractivity contribution is 5.95. The maximum atomic E-state index is 13.7. The topological polar surface area (TPSA) is 213 Å². The van der Waals surface area contributed by atoms with E-state index in [4.69, 9.17) is 11.5 Å². The number of rotatable bonds is 17. The third-order valence-corrected chi connectivity index (χ3v) is 7.36. The number of amides is 3. The van der Waals surface area contributed by atoms with Crippen LogP contribution >= 0.6 is 0 Å². The van der Waals surface area contributed by atoms with Crippen LogP contribution in [0.1, 0.15) is 50.7 Å². The molecule has 4 atom stereocenters. The Morgan fingerprint density at radius 2 is 1.48 bits per heavy atom. The summed E-state index contributed by atoms with van der Waals surface area (Å²) in [6.45, 7) is 4.30. The number of carboxylic acids is 1. The number of aromatic hydroxyl groups is 1. The Morgan fingerprint density at radius 3 is 2.14 bits per heavy atom. The Labute approximate surface area is 257 Å². The number of carboxylic acid groups (broad SMARTS) is 1. The number of nitrogens with one attached hydrogen (secondary N) is 4. The number of phenolic OH excluding ortho intramolecular Hbond substituents is 1. The number of H-pyrrole nitrogens is 1. The summed E-state index contributed by atoms with van der Waals surface area (Å²) in [5.41, 5.74) is 13.9. The van der Waals surface area contributed by atoms with E-state index in [1.165, 1.54) is 12.1 Å². The Balaban J connectivity index is 1.85. The van der Waals surface area contributed by atoms with Crippen molar-refractivity contribution in [3.8, 4) is 5.75 Å². The molecule has 0 aliphatic rings. The summed E-state index contributed by atoms with van der Waals surface area (Å²) in [4.78, 5) is 55.5. The quantitative estimate of drug-likeness (QED) is 0.105. The summed E-state index contributed by atoms with van der Waals surface area (Å²) in [6.07, 6.45) is 3.67. The third-order valence-electron chi connectivity index (χ3n) is 7.36. The lowest BCUT2D eigenvalue weighted by Gasteiger charge is -2.25. The van der Waals surface area contributed by atoms with E-state index in [0.717, 1.165) is 16.5 Å². The molecule has 0 aliphatic carbocycles. The Hall–Kier alpha value is -4.42. The second kappa shape index (κ2) is 16.4. The van der Waals surface area contributed by atoms with E-state index < -0.39 is 47.9 Å². The number of hydrogen-bond donors (Lipinski definition) is 8. The van der Waals surface area contributed by atoms with Crippen molar-refractivity contribution < 1.29 is 29.4 Å². The summed E-state index contributed by atoms with van der Waals surface area (Å²) in [6, 6.07) is 9.25. The number of aliphatic carboxylic acids is 1. The average Bonchev–Trinajstić information content (AvgIpc) is 3.39. The van der Waals surface area contributed by atoms with Crippen molar-refractivity contribution >= 4 is 34.6 Å². The summed E-state index contributed by atoms with van der Waals surface area (Å²) in [5.74, 6) is -2.80. The maximum Gasteiger partial charge on any atom is 0.326 e. The molecule has 0 saturated carbocycles. The molecule has 2 aromatic carbocycles. The molecule has 12 nitrogen and oxygen atoms in total. The van der Waals surface area contributed by atoms with E-state index >= 15 is 0 Å². The first-order valence-electron chi connectivity index (χ1n) is 14.9. The van der Waals surface area contributed by atoms with Crippen molar-refractivity contribution in [2.45, 2.75) is 76.5 Å². The first kappa shape index (κ1) is 34.1. The maximum absolute atomic E-state index is 13.7. The molecule has 0 aliphatic heterocycles. The number of carbonyl (C=O) groups is 4. The fraction of sp³-hybridized carbons (Fsp3) is 0.438. The highest BCUT2D eigenvalue weighted by Gasteiger charge is 2.31. The predicted octanol–water partition coefficient (Wildman–Crippen LogP) is 1.70. The number of carbonyl (C=O) groups excluding carboxylic acids is 3. The van der Waals surface area contributed by atoms with Gasteiger partial charge in [-0.3, -0.25) is 14.4 Å². The number of hydrogen-bond acceptors (Lipinski definition) is 7. The van der Waals surface area contributed by atoms with Crippen LogP contribution in [-0.4, -0.2) is 69.6 Å². The SMILES string of the molecule is CC(C)CC(N)C(=O)NC(CCCCN)C(=O)NC(Cc1c[nH]c2ccccc12)C(=O)NC(Cc1ccc(O)cc1)C(=O)O. The van der Waals surface area contributed by atoms with Gasteiger partial charge in [-0.05, 0) is 67.5 Å². The molecule has 1 heterocycles. The Bertz CT molecular complexity index is 1410. The van der Waals surface area contributed by atoms with Crippen LogP contribution in [0.15, 0.2) is 54.7 Å². The zero-order valence-electron chi connectivity index (χ0n) is 25.2. The van der Waals surface area contributed by atoms with Gasteiger partial charge in [0, 0.05) is 29.9 Å². The molecule has 0 saturated heterocycles. The molecule has 44 heavy (non-hydrogen) atoms. The molecule has 10 N–H and O–H groups in total. The minimum atomic E-state index is -1.30. The first-order chi connectivity index (χ1) is 21.0. The minimum absolute atomic E-state index is 0.0319. The van der Waals surface area contributed by atoms with Crippen molar-refractivity contribution in [2.75, 3.05) is 6.54 Å². The summed E-state index contributed by atoms with van der Waals surface area (Å²) in [7, 11) is 0. The van der Waals surface area contributed by atoms with Gasteiger partial charge in [0.15, 0.2) is 0 Å². The van der Waals surface area contributed by atoms with Crippen molar-refractivity contribution in [3.63, 3.8) is 0 Å². The van der Waals surface area contributed by atoms with Gasteiger partial charge in [0.1, 0.15) is 23.9 Å². The van der Waals surface area contributed by atoms with Crippen LogP contribution in [0.5, 0.6) is 5.75 Å². The molecule has 3 amide bonds.